The zero-order valence-corrected chi connectivity index (χ0v) is 9.77. The van der Waals surface area contributed by atoms with Crippen LogP contribution in [0.1, 0.15) is 24.2 Å². The molecule has 1 aromatic carbocycles. The van der Waals surface area contributed by atoms with Gasteiger partial charge in [-0.2, -0.15) is 0 Å². The Balaban J connectivity index is 2.37. The van der Waals surface area contributed by atoms with Crippen LogP contribution in [0.25, 0.3) is 11.3 Å². The molecule has 2 N–H and O–H groups in total. The second-order valence-corrected chi connectivity index (χ2v) is 4.06. The first-order valence-electron chi connectivity index (χ1n) is 5.43. The number of H-pyrrole nitrogens is 1. The van der Waals surface area contributed by atoms with E-state index >= 15 is 0 Å². The lowest BCUT2D eigenvalue weighted by atomic mass is 10.1. The standard InChI is InChI=1S/C13H14N2O2/c1-8-5-3-4-6-10(8)11-7-14-12(15-11)9(2)13(16)17/h3-7,9H,1-2H3,(H,14,15)(H,16,17). The number of aliphatic carboxylic acids is 1. The largest absolute Gasteiger partial charge is 0.481 e. The first-order valence-corrected chi connectivity index (χ1v) is 5.43. The van der Waals surface area contributed by atoms with E-state index < -0.39 is 11.9 Å². The van der Waals surface area contributed by atoms with Gasteiger partial charge in [0, 0.05) is 5.56 Å². The van der Waals surface area contributed by atoms with Gasteiger partial charge in [-0.25, -0.2) is 4.98 Å². The predicted octanol–water partition coefficient (Wildman–Crippen LogP) is 2.57. The summed E-state index contributed by atoms with van der Waals surface area (Å²) < 4.78 is 0. The van der Waals surface area contributed by atoms with E-state index in [9.17, 15) is 4.79 Å². The summed E-state index contributed by atoms with van der Waals surface area (Å²) in [4.78, 5) is 18.0. The topological polar surface area (TPSA) is 66.0 Å². The molecule has 0 saturated heterocycles. The highest BCUT2D eigenvalue weighted by atomic mass is 16.4. The second kappa shape index (κ2) is 4.41. The fourth-order valence-electron chi connectivity index (χ4n) is 1.69. The van der Waals surface area contributed by atoms with Crippen molar-refractivity contribution in [2.75, 3.05) is 0 Å². The van der Waals surface area contributed by atoms with E-state index in [1.807, 2.05) is 31.2 Å². The Bertz CT molecular complexity index is 546. The molecule has 1 unspecified atom stereocenters. The maximum absolute atomic E-state index is 10.9. The van der Waals surface area contributed by atoms with Crippen molar-refractivity contribution in [3.05, 3.63) is 41.9 Å². The van der Waals surface area contributed by atoms with Crippen LogP contribution in [-0.2, 0) is 4.79 Å². The highest BCUT2D eigenvalue weighted by Gasteiger charge is 2.17. The van der Waals surface area contributed by atoms with Gasteiger partial charge >= 0.3 is 5.97 Å². The number of nitrogens with one attached hydrogen (secondary N) is 1. The molecule has 0 saturated carbocycles. The number of carbonyl (C=O) groups is 1. The number of nitrogens with zero attached hydrogens (tertiary/aromatic N) is 1. The lowest BCUT2D eigenvalue weighted by Crippen LogP contribution is -2.08. The number of aromatic nitrogens is 2. The van der Waals surface area contributed by atoms with Gasteiger partial charge < -0.3 is 10.1 Å². The molecule has 0 fully saturated rings. The molecule has 0 bridgehead atoms. The molecule has 1 heterocycles. The van der Waals surface area contributed by atoms with Crippen LogP contribution in [0.3, 0.4) is 0 Å². The van der Waals surface area contributed by atoms with E-state index in [0.29, 0.717) is 5.82 Å². The van der Waals surface area contributed by atoms with E-state index in [4.69, 9.17) is 5.11 Å². The van der Waals surface area contributed by atoms with Crippen molar-refractivity contribution in [3.63, 3.8) is 0 Å². The van der Waals surface area contributed by atoms with Crippen LogP contribution in [-0.4, -0.2) is 21.0 Å². The fourth-order valence-corrected chi connectivity index (χ4v) is 1.69. The van der Waals surface area contributed by atoms with Crippen molar-refractivity contribution >= 4 is 5.97 Å². The Hall–Kier alpha value is -2.10. The predicted molar refractivity (Wildman–Crippen MR) is 64.8 cm³/mol. The van der Waals surface area contributed by atoms with E-state index in [1.54, 1.807) is 13.1 Å². The number of carboxylic acids is 1. The third-order valence-corrected chi connectivity index (χ3v) is 2.81. The maximum atomic E-state index is 10.9. The van der Waals surface area contributed by atoms with Gasteiger partial charge in [0.1, 0.15) is 11.7 Å². The molecule has 0 aliphatic carbocycles. The number of hydrogen-bond donors (Lipinski definition) is 2. The summed E-state index contributed by atoms with van der Waals surface area (Å²) >= 11 is 0. The molecule has 0 aliphatic heterocycles. The molecule has 0 aliphatic rings. The van der Waals surface area contributed by atoms with E-state index in [2.05, 4.69) is 9.97 Å². The monoisotopic (exact) mass is 230 g/mol. The van der Waals surface area contributed by atoms with Crippen molar-refractivity contribution in [2.45, 2.75) is 19.8 Å². The SMILES string of the molecule is Cc1ccccc1-c1cnc(C(C)C(=O)O)[nH]1. The first-order chi connectivity index (χ1) is 8.09. The average Bonchev–Trinajstić information content (AvgIpc) is 2.77. The Morgan fingerprint density at radius 2 is 2.12 bits per heavy atom. The first kappa shape index (κ1) is 11.4. The Labute approximate surface area is 99.3 Å². The number of rotatable bonds is 3. The van der Waals surface area contributed by atoms with Crippen LogP contribution in [0.4, 0.5) is 0 Å². The minimum atomic E-state index is -0.879. The molecule has 4 nitrogen and oxygen atoms in total. The number of aryl methyl sites for hydroxylation is 1. The average molecular weight is 230 g/mol. The maximum Gasteiger partial charge on any atom is 0.313 e. The van der Waals surface area contributed by atoms with Gasteiger partial charge in [0.15, 0.2) is 0 Å². The molecule has 2 rings (SSSR count). The zero-order chi connectivity index (χ0) is 12.4. The number of benzene rings is 1. The van der Waals surface area contributed by atoms with Gasteiger partial charge in [0.05, 0.1) is 11.9 Å². The van der Waals surface area contributed by atoms with Crippen LogP contribution in [0.5, 0.6) is 0 Å². The lowest BCUT2D eigenvalue weighted by Gasteiger charge is -2.03. The molecule has 2 aromatic rings. The van der Waals surface area contributed by atoms with Gasteiger partial charge in [-0.3, -0.25) is 4.79 Å². The Morgan fingerprint density at radius 3 is 2.76 bits per heavy atom. The van der Waals surface area contributed by atoms with Crippen LogP contribution >= 0.6 is 0 Å². The van der Waals surface area contributed by atoms with Gasteiger partial charge in [0.25, 0.3) is 0 Å². The van der Waals surface area contributed by atoms with Crippen LogP contribution < -0.4 is 0 Å². The Kier molecular flexibility index (Phi) is 2.95. The molecule has 17 heavy (non-hydrogen) atoms. The third kappa shape index (κ3) is 2.20. The van der Waals surface area contributed by atoms with Crippen LogP contribution in [0.15, 0.2) is 30.5 Å². The van der Waals surface area contributed by atoms with Gasteiger partial charge in [-0.1, -0.05) is 24.3 Å². The smallest absolute Gasteiger partial charge is 0.313 e. The highest BCUT2D eigenvalue weighted by molar-refractivity contribution is 5.74. The molecule has 1 atom stereocenters. The normalized spacial score (nSPS) is 12.4. The number of imidazole rings is 1. The minimum absolute atomic E-state index is 0.482. The zero-order valence-electron chi connectivity index (χ0n) is 9.77. The quantitative estimate of drug-likeness (QED) is 0.851. The summed E-state index contributed by atoms with van der Waals surface area (Å²) in [6.07, 6.45) is 1.68. The van der Waals surface area contributed by atoms with Crippen LogP contribution in [0.2, 0.25) is 0 Å². The summed E-state index contributed by atoms with van der Waals surface area (Å²) in [5.74, 6) is -1.01. The van der Waals surface area contributed by atoms with Crippen molar-refractivity contribution in [1.82, 2.24) is 9.97 Å². The lowest BCUT2D eigenvalue weighted by molar-refractivity contribution is -0.138. The molecule has 1 aromatic heterocycles. The van der Waals surface area contributed by atoms with Crippen molar-refractivity contribution in [3.8, 4) is 11.3 Å². The number of hydrogen-bond acceptors (Lipinski definition) is 2. The molecular formula is C13H14N2O2. The highest BCUT2D eigenvalue weighted by Crippen LogP contribution is 2.23. The molecule has 0 spiro atoms. The van der Waals surface area contributed by atoms with E-state index in [1.165, 1.54) is 0 Å². The van der Waals surface area contributed by atoms with Gasteiger partial charge in [-0.15, -0.1) is 0 Å². The molecule has 88 valence electrons. The summed E-state index contributed by atoms with van der Waals surface area (Å²) in [7, 11) is 0. The fraction of sp³-hybridized carbons (Fsp3) is 0.231. The van der Waals surface area contributed by atoms with Crippen LogP contribution in [0, 0.1) is 6.92 Å². The third-order valence-electron chi connectivity index (χ3n) is 2.81. The van der Waals surface area contributed by atoms with E-state index in [0.717, 1.165) is 16.8 Å². The number of aromatic amines is 1. The van der Waals surface area contributed by atoms with E-state index in [-0.39, 0.29) is 0 Å². The molecule has 4 heteroatoms. The minimum Gasteiger partial charge on any atom is -0.481 e. The molecule has 0 amide bonds. The van der Waals surface area contributed by atoms with Gasteiger partial charge in [0.2, 0.25) is 0 Å². The molecule has 0 radical (unpaired) electrons. The summed E-state index contributed by atoms with van der Waals surface area (Å²) in [6.45, 7) is 3.62. The molecular weight excluding hydrogens is 216 g/mol. The summed E-state index contributed by atoms with van der Waals surface area (Å²) in [6, 6.07) is 7.91. The van der Waals surface area contributed by atoms with Gasteiger partial charge in [-0.05, 0) is 19.4 Å². The Morgan fingerprint density at radius 1 is 1.41 bits per heavy atom. The number of carboxylic acid groups (broad SMARTS) is 1. The van der Waals surface area contributed by atoms with Crippen molar-refractivity contribution in [2.24, 2.45) is 0 Å². The summed E-state index contributed by atoms with van der Waals surface area (Å²) in [5.41, 5.74) is 3.03. The van der Waals surface area contributed by atoms with Crippen molar-refractivity contribution in [1.29, 1.82) is 0 Å². The second-order valence-electron chi connectivity index (χ2n) is 4.06. The van der Waals surface area contributed by atoms with Crippen molar-refractivity contribution < 1.29 is 9.90 Å². The summed E-state index contributed by atoms with van der Waals surface area (Å²) in [5, 5.41) is 8.91.